The van der Waals surface area contributed by atoms with Gasteiger partial charge in [-0.05, 0) is 75.2 Å². The van der Waals surface area contributed by atoms with Crippen molar-refractivity contribution >= 4 is 0 Å². The molecule has 0 radical (unpaired) electrons. The monoisotopic (exact) mass is 273 g/mol. The van der Waals surface area contributed by atoms with Gasteiger partial charge in [-0.25, -0.2) is 4.98 Å². The molecule has 0 aromatic carbocycles. The predicted molar refractivity (Wildman–Crippen MR) is 80.2 cm³/mol. The lowest BCUT2D eigenvalue weighted by atomic mass is 9.50. The van der Waals surface area contributed by atoms with Crippen LogP contribution in [-0.2, 0) is 6.42 Å². The maximum absolute atomic E-state index is 5.63. The molecule has 3 nitrogen and oxygen atoms in total. The molecule has 0 aliphatic heterocycles. The van der Waals surface area contributed by atoms with E-state index in [2.05, 4.69) is 22.7 Å². The maximum Gasteiger partial charge on any atom is 0.0951 e. The summed E-state index contributed by atoms with van der Waals surface area (Å²) in [5.74, 6) is 5.00. The number of imidazole rings is 1. The average molecular weight is 273 g/mol. The molecule has 1 heterocycles. The maximum atomic E-state index is 5.63. The molecule has 0 amide bonds. The zero-order valence-corrected chi connectivity index (χ0v) is 12.5. The van der Waals surface area contributed by atoms with Gasteiger partial charge in [0.2, 0.25) is 0 Å². The van der Waals surface area contributed by atoms with Crippen LogP contribution >= 0.6 is 0 Å². The third-order valence-electron chi connectivity index (χ3n) is 6.38. The Morgan fingerprint density at radius 2 is 1.85 bits per heavy atom. The van der Waals surface area contributed by atoms with E-state index in [4.69, 9.17) is 5.73 Å². The van der Waals surface area contributed by atoms with Gasteiger partial charge in [0.1, 0.15) is 0 Å². The van der Waals surface area contributed by atoms with Crippen LogP contribution in [0, 0.1) is 29.6 Å². The Balaban J connectivity index is 1.54. The summed E-state index contributed by atoms with van der Waals surface area (Å²) in [5.41, 5.74) is 6.79. The van der Waals surface area contributed by atoms with Gasteiger partial charge in [0.25, 0.3) is 0 Å². The fourth-order valence-corrected chi connectivity index (χ4v) is 5.83. The van der Waals surface area contributed by atoms with Crippen LogP contribution in [0.3, 0.4) is 0 Å². The SMILES string of the molecule is CC(C1C2CC3CC(C2)CC1C3)n1cnc(CCN)c1. The van der Waals surface area contributed by atoms with Crippen LogP contribution in [0.5, 0.6) is 0 Å². The lowest BCUT2D eigenvalue weighted by Crippen LogP contribution is -2.47. The molecule has 2 N–H and O–H groups in total. The first-order chi connectivity index (χ1) is 9.74. The normalized spacial score (nSPS) is 40.2. The molecule has 4 aliphatic rings. The first-order valence-electron chi connectivity index (χ1n) is 8.47. The van der Waals surface area contributed by atoms with Crippen molar-refractivity contribution in [2.45, 2.75) is 51.5 Å². The van der Waals surface area contributed by atoms with Crippen molar-refractivity contribution in [3.05, 3.63) is 18.2 Å². The smallest absolute Gasteiger partial charge is 0.0951 e. The van der Waals surface area contributed by atoms with E-state index in [0.717, 1.165) is 41.7 Å². The Kier molecular flexibility index (Phi) is 3.13. The second-order valence-corrected chi connectivity index (χ2v) is 7.60. The van der Waals surface area contributed by atoms with E-state index in [-0.39, 0.29) is 0 Å². The van der Waals surface area contributed by atoms with Crippen LogP contribution in [0.2, 0.25) is 0 Å². The van der Waals surface area contributed by atoms with Gasteiger partial charge in [0.05, 0.1) is 12.0 Å². The van der Waals surface area contributed by atoms with Gasteiger partial charge < -0.3 is 10.3 Å². The molecule has 20 heavy (non-hydrogen) atoms. The largest absolute Gasteiger partial charge is 0.334 e. The van der Waals surface area contributed by atoms with Gasteiger partial charge in [-0.2, -0.15) is 0 Å². The highest BCUT2D eigenvalue weighted by Gasteiger charge is 2.49. The summed E-state index contributed by atoms with van der Waals surface area (Å²) in [6, 6.07) is 0.615. The van der Waals surface area contributed by atoms with Crippen molar-refractivity contribution in [1.29, 1.82) is 0 Å². The van der Waals surface area contributed by atoms with E-state index in [1.165, 1.54) is 25.7 Å². The second kappa shape index (κ2) is 4.87. The summed E-state index contributed by atoms with van der Waals surface area (Å²) >= 11 is 0. The van der Waals surface area contributed by atoms with E-state index in [1.807, 2.05) is 6.33 Å². The van der Waals surface area contributed by atoms with E-state index in [9.17, 15) is 0 Å². The number of rotatable bonds is 4. The summed E-state index contributed by atoms with van der Waals surface area (Å²) in [5, 5.41) is 0. The Morgan fingerprint density at radius 1 is 1.20 bits per heavy atom. The number of nitrogens with two attached hydrogens (primary N) is 1. The molecule has 1 atom stereocenters. The molecule has 3 heteroatoms. The third kappa shape index (κ3) is 2.02. The Hall–Kier alpha value is -0.830. The quantitative estimate of drug-likeness (QED) is 0.916. The fourth-order valence-electron chi connectivity index (χ4n) is 5.83. The van der Waals surface area contributed by atoms with Crippen molar-refractivity contribution in [1.82, 2.24) is 9.55 Å². The third-order valence-corrected chi connectivity index (χ3v) is 6.38. The lowest BCUT2D eigenvalue weighted by molar-refractivity contribution is -0.0554. The highest BCUT2D eigenvalue weighted by molar-refractivity contribution is 5.04. The van der Waals surface area contributed by atoms with E-state index >= 15 is 0 Å². The number of aromatic nitrogens is 2. The number of nitrogens with zero attached hydrogens (tertiary/aromatic N) is 2. The minimum atomic E-state index is 0.615. The average Bonchev–Trinajstić information content (AvgIpc) is 2.86. The van der Waals surface area contributed by atoms with Crippen molar-refractivity contribution in [3.8, 4) is 0 Å². The van der Waals surface area contributed by atoms with Crippen LogP contribution < -0.4 is 5.73 Å². The topological polar surface area (TPSA) is 43.8 Å². The summed E-state index contributed by atoms with van der Waals surface area (Å²) in [6.07, 6.45) is 12.8. The zero-order valence-electron chi connectivity index (χ0n) is 12.5. The summed E-state index contributed by atoms with van der Waals surface area (Å²) in [4.78, 5) is 4.52. The molecule has 110 valence electrons. The highest BCUT2D eigenvalue weighted by atomic mass is 15.1. The molecular formula is C17H27N3. The summed E-state index contributed by atoms with van der Waals surface area (Å²) in [6.45, 7) is 3.12. The van der Waals surface area contributed by atoms with Gasteiger partial charge in [-0.15, -0.1) is 0 Å². The molecule has 4 bridgehead atoms. The van der Waals surface area contributed by atoms with Crippen LogP contribution in [0.1, 0.15) is 50.8 Å². The van der Waals surface area contributed by atoms with Crippen molar-refractivity contribution in [2.75, 3.05) is 6.54 Å². The summed E-state index contributed by atoms with van der Waals surface area (Å²) < 4.78 is 2.37. The molecule has 5 rings (SSSR count). The Morgan fingerprint density at radius 3 is 2.45 bits per heavy atom. The van der Waals surface area contributed by atoms with Crippen LogP contribution in [-0.4, -0.2) is 16.1 Å². The van der Waals surface area contributed by atoms with Crippen molar-refractivity contribution < 1.29 is 0 Å². The van der Waals surface area contributed by atoms with E-state index in [1.54, 1.807) is 6.42 Å². The van der Waals surface area contributed by atoms with Crippen LogP contribution in [0.25, 0.3) is 0 Å². The first kappa shape index (κ1) is 12.9. The Bertz CT molecular complexity index is 450. The molecule has 4 fully saturated rings. The number of hydrogen-bond acceptors (Lipinski definition) is 2. The molecule has 1 aromatic heterocycles. The fraction of sp³-hybridized carbons (Fsp3) is 0.824. The standard InChI is InChI=1S/C17H27N3/c1-11(20-9-16(2-3-18)19-10-20)17-14-5-12-4-13(7-14)8-15(17)6-12/h9-15,17H,2-8,18H2,1H3. The molecule has 1 unspecified atom stereocenters. The lowest BCUT2D eigenvalue weighted by Gasteiger charge is -2.56. The highest BCUT2D eigenvalue weighted by Crippen LogP contribution is 2.59. The van der Waals surface area contributed by atoms with Crippen molar-refractivity contribution in [2.24, 2.45) is 35.3 Å². The van der Waals surface area contributed by atoms with Gasteiger partial charge >= 0.3 is 0 Å². The minimum absolute atomic E-state index is 0.615. The predicted octanol–water partition coefficient (Wildman–Crippen LogP) is 3.02. The van der Waals surface area contributed by atoms with Crippen LogP contribution in [0.4, 0.5) is 0 Å². The molecule has 0 saturated heterocycles. The summed E-state index contributed by atoms with van der Waals surface area (Å²) in [7, 11) is 0. The zero-order chi connectivity index (χ0) is 13.7. The molecule has 4 aliphatic carbocycles. The van der Waals surface area contributed by atoms with Gasteiger partial charge in [0, 0.05) is 18.7 Å². The van der Waals surface area contributed by atoms with E-state index in [0.29, 0.717) is 12.6 Å². The van der Waals surface area contributed by atoms with Crippen molar-refractivity contribution in [3.63, 3.8) is 0 Å². The number of hydrogen-bond donors (Lipinski definition) is 1. The van der Waals surface area contributed by atoms with Gasteiger partial charge in [0.15, 0.2) is 0 Å². The first-order valence-corrected chi connectivity index (χ1v) is 8.47. The minimum Gasteiger partial charge on any atom is -0.334 e. The van der Waals surface area contributed by atoms with Gasteiger partial charge in [-0.1, -0.05) is 0 Å². The molecule has 4 saturated carbocycles. The molecule has 1 aromatic rings. The molecular weight excluding hydrogens is 246 g/mol. The molecule has 0 spiro atoms. The van der Waals surface area contributed by atoms with Gasteiger partial charge in [-0.3, -0.25) is 0 Å². The van der Waals surface area contributed by atoms with Crippen LogP contribution in [0.15, 0.2) is 12.5 Å². The van der Waals surface area contributed by atoms with E-state index < -0.39 is 0 Å². The Labute approximate surface area is 122 Å². The second-order valence-electron chi connectivity index (χ2n) is 7.60.